The zero-order chi connectivity index (χ0) is 21.5. The van der Waals surface area contributed by atoms with Crippen LogP contribution >= 0.6 is 0 Å². The fraction of sp³-hybridized carbons (Fsp3) is 0.182. The van der Waals surface area contributed by atoms with E-state index < -0.39 is 27.9 Å². The number of ether oxygens (including phenoxy) is 1. The maximum Gasteiger partial charge on any atom is 0.308 e. The zero-order valence-corrected chi connectivity index (χ0v) is 17.3. The first-order valence-corrected chi connectivity index (χ1v) is 10.8. The van der Waals surface area contributed by atoms with Gasteiger partial charge in [0.05, 0.1) is 31.0 Å². The summed E-state index contributed by atoms with van der Waals surface area (Å²) in [5.74, 6) is -0.951. The van der Waals surface area contributed by atoms with Gasteiger partial charge in [0.2, 0.25) is 0 Å². The summed E-state index contributed by atoms with van der Waals surface area (Å²) in [6, 6.07) is 15.6. The molecule has 3 aromatic rings. The molecule has 0 saturated heterocycles. The molecule has 1 aliphatic heterocycles. The third-order valence-corrected chi connectivity index (χ3v) is 6.91. The Balaban J connectivity index is 1.99. The molecular weight excluding hydrogens is 404 g/mol. The molecule has 1 aromatic heterocycles. The fourth-order valence-electron chi connectivity index (χ4n) is 3.66. The van der Waals surface area contributed by atoms with Crippen molar-refractivity contribution in [3.05, 3.63) is 83.7 Å². The Bertz CT molecular complexity index is 1230. The highest BCUT2D eigenvalue weighted by molar-refractivity contribution is 7.90. The van der Waals surface area contributed by atoms with Gasteiger partial charge in [0.1, 0.15) is 4.90 Å². The highest BCUT2D eigenvalue weighted by Crippen LogP contribution is 2.40. The van der Waals surface area contributed by atoms with E-state index in [0.29, 0.717) is 11.3 Å². The summed E-state index contributed by atoms with van der Waals surface area (Å²) in [7, 11) is -2.70. The number of hydrogen-bond donors (Lipinski definition) is 0. The zero-order valence-electron chi connectivity index (χ0n) is 16.5. The number of carbonyl (C=O) groups is 2. The monoisotopic (exact) mass is 424 g/mol. The minimum absolute atomic E-state index is 0.00437. The standard InChI is InChI=1S/C22H20N2O5S/c1-15-9-11-16(12-10-15)22(26)24-18-6-3-4-8-20(18)30(27,28)23-13-5-7-17(23)19(24)14-21(25)29-2/h3-13,19H,14H2,1-2H3. The third kappa shape index (κ3) is 3.19. The lowest BCUT2D eigenvalue weighted by Crippen LogP contribution is -2.36. The third-order valence-electron chi connectivity index (χ3n) is 5.16. The SMILES string of the molecule is COC(=O)CC1c2cccn2S(=O)(=O)c2ccccc2N1C(=O)c1ccc(C)cc1. The van der Waals surface area contributed by atoms with E-state index in [1.807, 2.05) is 19.1 Å². The van der Waals surface area contributed by atoms with Gasteiger partial charge in [-0.05, 0) is 43.3 Å². The minimum Gasteiger partial charge on any atom is -0.469 e. The number of carbonyl (C=O) groups excluding carboxylic acids is 2. The average Bonchev–Trinajstić information content (AvgIpc) is 3.22. The molecule has 0 bridgehead atoms. The second kappa shape index (κ2) is 7.46. The predicted molar refractivity (Wildman–Crippen MR) is 111 cm³/mol. The molecular formula is C22H20N2O5S. The average molecular weight is 424 g/mol. The van der Waals surface area contributed by atoms with Crippen molar-refractivity contribution in [3.63, 3.8) is 0 Å². The summed E-state index contributed by atoms with van der Waals surface area (Å²) in [5, 5.41) is 0. The molecule has 0 aliphatic carbocycles. The molecule has 4 rings (SSSR count). The van der Waals surface area contributed by atoms with Crippen LogP contribution in [0.2, 0.25) is 0 Å². The van der Waals surface area contributed by atoms with Gasteiger partial charge in [-0.2, -0.15) is 0 Å². The van der Waals surface area contributed by atoms with E-state index in [2.05, 4.69) is 0 Å². The minimum atomic E-state index is -3.95. The molecule has 7 nitrogen and oxygen atoms in total. The number of rotatable bonds is 3. The summed E-state index contributed by atoms with van der Waals surface area (Å²) in [5.41, 5.74) is 1.92. The van der Waals surface area contributed by atoms with Gasteiger partial charge in [-0.3, -0.25) is 14.5 Å². The number of hydrogen-bond acceptors (Lipinski definition) is 5. The van der Waals surface area contributed by atoms with E-state index in [4.69, 9.17) is 4.74 Å². The van der Waals surface area contributed by atoms with Gasteiger partial charge in [0.15, 0.2) is 0 Å². The van der Waals surface area contributed by atoms with Gasteiger partial charge in [-0.15, -0.1) is 0 Å². The highest BCUT2D eigenvalue weighted by Gasteiger charge is 2.40. The molecule has 1 unspecified atom stereocenters. The molecule has 1 aliphatic rings. The number of anilines is 1. The van der Waals surface area contributed by atoms with Gasteiger partial charge in [0, 0.05) is 11.8 Å². The van der Waals surface area contributed by atoms with Crippen LogP contribution < -0.4 is 4.90 Å². The topological polar surface area (TPSA) is 85.7 Å². The Morgan fingerprint density at radius 2 is 1.70 bits per heavy atom. The van der Waals surface area contributed by atoms with Crippen LogP contribution in [0.4, 0.5) is 5.69 Å². The number of benzene rings is 2. The fourth-order valence-corrected chi connectivity index (χ4v) is 5.24. The Hall–Kier alpha value is -3.39. The summed E-state index contributed by atoms with van der Waals surface area (Å²) in [4.78, 5) is 27.2. The predicted octanol–water partition coefficient (Wildman–Crippen LogP) is 3.30. The number of aromatic nitrogens is 1. The van der Waals surface area contributed by atoms with Crippen molar-refractivity contribution in [2.75, 3.05) is 12.0 Å². The first-order chi connectivity index (χ1) is 14.3. The molecule has 1 amide bonds. The molecule has 1 atom stereocenters. The first-order valence-electron chi connectivity index (χ1n) is 9.33. The molecule has 0 fully saturated rings. The number of nitrogens with zero attached hydrogens (tertiary/aromatic N) is 2. The van der Waals surface area contributed by atoms with E-state index >= 15 is 0 Å². The van der Waals surface area contributed by atoms with Crippen LogP contribution in [0.5, 0.6) is 0 Å². The maximum atomic E-state index is 13.6. The molecule has 2 aromatic carbocycles. The van der Waals surface area contributed by atoms with E-state index in [1.54, 1.807) is 42.5 Å². The molecule has 0 radical (unpaired) electrons. The van der Waals surface area contributed by atoms with Crippen molar-refractivity contribution >= 4 is 27.6 Å². The Kier molecular flexibility index (Phi) is 4.95. The molecule has 0 spiro atoms. The molecule has 0 N–H and O–H groups in total. The largest absolute Gasteiger partial charge is 0.469 e. The van der Waals surface area contributed by atoms with E-state index in [0.717, 1.165) is 9.54 Å². The van der Waals surface area contributed by atoms with Gasteiger partial charge < -0.3 is 4.74 Å². The van der Waals surface area contributed by atoms with Gasteiger partial charge in [-0.25, -0.2) is 12.4 Å². The first kappa shape index (κ1) is 19.9. The van der Waals surface area contributed by atoms with Crippen molar-refractivity contribution in [1.29, 1.82) is 0 Å². The van der Waals surface area contributed by atoms with Crippen molar-refractivity contribution in [1.82, 2.24) is 3.97 Å². The summed E-state index contributed by atoms with van der Waals surface area (Å²) in [6.45, 7) is 1.91. The van der Waals surface area contributed by atoms with Crippen molar-refractivity contribution < 1.29 is 22.7 Å². The van der Waals surface area contributed by atoms with E-state index in [-0.39, 0.29) is 17.0 Å². The number of fused-ring (bicyclic) bond motifs is 2. The van der Waals surface area contributed by atoms with E-state index in [1.165, 1.54) is 24.3 Å². The van der Waals surface area contributed by atoms with Crippen LogP contribution in [-0.4, -0.2) is 31.4 Å². The number of aryl methyl sites for hydroxylation is 1. The summed E-state index contributed by atoms with van der Waals surface area (Å²) < 4.78 is 32.6. The molecule has 8 heteroatoms. The second-order valence-electron chi connectivity index (χ2n) is 7.04. The van der Waals surface area contributed by atoms with E-state index in [9.17, 15) is 18.0 Å². The van der Waals surface area contributed by atoms with Crippen LogP contribution in [0, 0.1) is 6.92 Å². The molecule has 0 saturated carbocycles. The van der Waals surface area contributed by atoms with Crippen LogP contribution in [0.25, 0.3) is 0 Å². The van der Waals surface area contributed by atoms with Crippen molar-refractivity contribution in [3.8, 4) is 0 Å². The van der Waals surface area contributed by atoms with Gasteiger partial charge >= 0.3 is 5.97 Å². The highest BCUT2D eigenvalue weighted by atomic mass is 32.2. The normalized spacial score (nSPS) is 16.9. The van der Waals surface area contributed by atoms with Crippen LogP contribution in [0.15, 0.2) is 71.8 Å². The Labute approximate surface area is 174 Å². The second-order valence-corrected chi connectivity index (χ2v) is 8.82. The summed E-state index contributed by atoms with van der Waals surface area (Å²) >= 11 is 0. The van der Waals surface area contributed by atoms with Crippen molar-refractivity contribution in [2.45, 2.75) is 24.3 Å². The summed E-state index contributed by atoms with van der Waals surface area (Å²) in [6.07, 6.45) is 1.23. The lowest BCUT2D eigenvalue weighted by atomic mass is 10.0. The van der Waals surface area contributed by atoms with Gasteiger partial charge in [0.25, 0.3) is 15.9 Å². The lowest BCUT2D eigenvalue weighted by molar-refractivity contribution is -0.141. The number of amides is 1. The molecule has 154 valence electrons. The molecule has 2 heterocycles. The number of para-hydroxylation sites is 1. The van der Waals surface area contributed by atoms with Gasteiger partial charge in [-0.1, -0.05) is 29.8 Å². The quantitative estimate of drug-likeness (QED) is 0.602. The van der Waals surface area contributed by atoms with Crippen LogP contribution in [0.1, 0.15) is 34.1 Å². The Morgan fingerprint density at radius 3 is 2.40 bits per heavy atom. The Morgan fingerprint density at radius 1 is 1.00 bits per heavy atom. The lowest BCUT2D eigenvalue weighted by Gasteiger charge is -2.30. The number of methoxy groups -OCH3 is 1. The van der Waals surface area contributed by atoms with Crippen LogP contribution in [0.3, 0.4) is 0 Å². The maximum absolute atomic E-state index is 13.6. The smallest absolute Gasteiger partial charge is 0.308 e. The van der Waals surface area contributed by atoms with Crippen molar-refractivity contribution in [2.24, 2.45) is 0 Å². The molecule has 30 heavy (non-hydrogen) atoms. The number of esters is 1. The van der Waals surface area contributed by atoms with Crippen LogP contribution in [-0.2, 0) is 19.6 Å².